The number of aromatic nitrogens is 8. The number of hydrogen-bond acceptors (Lipinski definition) is 15. The molecule has 9 atom stereocenters. The number of aromatic amines is 1. The summed E-state index contributed by atoms with van der Waals surface area (Å²) in [4.78, 5) is 45.8. The lowest BCUT2D eigenvalue weighted by atomic mass is 9.82. The zero-order valence-electron chi connectivity index (χ0n) is 22.0. The highest BCUT2D eigenvalue weighted by molar-refractivity contribution is 7.47. The minimum absolute atomic E-state index is 0.000653. The van der Waals surface area contributed by atoms with Crippen LogP contribution in [0.5, 0.6) is 0 Å². The second-order valence-corrected chi connectivity index (χ2v) is 11.8. The Morgan fingerprint density at radius 3 is 2.58 bits per heavy atom. The van der Waals surface area contributed by atoms with Crippen molar-refractivity contribution in [2.75, 3.05) is 18.1 Å². The van der Waals surface area contributed by atoms with Crippen molar-refractivity contribution in [3.63, 3.8) is 0 Å². The van der Waals surface area contributed by atoms with Gasteiger partial charge in [0.1, 0.15) is 30.2 Å². The van der Waals surface area contributed by atoms with E-state index in [2.05, 4.69) is 35.8 Å². The molecule has 3 aliphatic rings. The molecule has 3 fully saturated rings. The Balaban J connectivity index is 1.25. The molecule has 2 bridgehead atoms. The van der Waals surface area contributed by atoms with Gasteiger partial charge in [0, 0.05) is 5.92 Å². The molecule has 0 aromatic carbocycles. The minimum atomic E-state index is -4.98. The number of imidazole rings is 2. The number of aliphatic hydroxyl groups excluding tert-OH is 2. The fourth-order valence-corrected chi connectivity index (χ4v) is 6.93. The highest BCUT2D eigenvalue weighted by atomic mass is 31.2. The number of rotatable bonds is 2. The number of anilines is 2. The summed E-state index contributed by atoms with van der Waals surface area (Å²) in [5.74, 6) is 1.52. The summed E-state index contributed by atoms with van der Waals surface area (Å²) < 4.78 is 39.0. The molecule has 43 heavy (non-hydrogen) atoms. The van der Waals surface area contributed by atoms with Gasteiger partial charge in [0.15, 0.2) is 40.7 Å². The molecular weight excluding hydrogens is 591 g/mol. The van der Waals surface area contributed by atoms with Crippen molar-refractivity contribution in [1.29, 1.82) is 0 Å². The van der Waals surface area contributed by atoms with Crippen LogP contribution in [0.4, 0.5) is 11.8 Å². The Bertz CT molecular complexity index is 1890. The molecule has 0 radical (unpaired) electrons. The zero-order valence-corrected chi connectivity index (χ0v) is 22.9. The van der Waals surface area contributed by atoms with Crippen LogP contribution in [0.3, 0.4) is 0 Å². The molecule has 0 spiro atoms. The molecule has 4 aromatic rings. The Morgan fingerprint density at radius 1 is 1.07 bits per heavy atom. The lowest BCUT2D eigenvalue weighted by molar-refractivity contribution is -0.0889. The molecule has 0 saturated carbocycles. The fraction of sp³-hybridized carbons (Fsp3) is 0.478. The zero-order chi connectivity index (χ0) is 30.3. The number of ether oxygens (including phenoxy) is 2. The van der Waals surface area contributed by atoms with E-state index in [9.17, 15) is 24.5 Å². The van der Waals surface area contributed by atoms with E-state index in [0.29, 0.717) is 0 Å². The van der Waals surface area contributed by atoms with Crippen LogP contribution in [0.15, 0.2) is 23.8 Å². The van der Waals surface area contributed by atoms with Crippen molar-refractivity contribution in [2.24, 2.45) is 5.92 Å². The molecule has 8 N–H and O–H groups in total. The van der Waals surface area contributed by atoms with Gasteiger partial charge in [0.25, 0.3) is 5.56 Å². The lowest BCUT2D eigenvalue weighted by Gasteiger charge is -2.31. The predicted molar refractivity (Wildman–Crippen MR) is 143 cm³/mol. The first-order valence-corrected chi connectivity index (χ1v) is 14.5. The van der Waals surface area contributed by atoms with E-state index in [-0.39, 0.29) is 46.9 Å². The minimum Gasteiger partial charge on any atom is -0.388 e. The van der Waals surface area contributed by atoms with E-state index in [0.717, 1.165) is 0 Å². The van der Waals surface area contributed by atoms with Gasteiger partial charge in [-0.05, 0) is 12.8 Å². The van der Waals surface area contributed by atoms with Gasteiger partial charge in [-0.2, -0.15) is 4.98 Å². The highest BCUT2D eigenvalue weighted by Gasteiger charge is 2.58. The molecule has 226 valence electrons. The van der Waals surface area contributed by atoms with Crippen molar-refractivity contribution in [3.8, 4) is 12.3 Å². The first kappa shape index (κ1) is 27.8. The normalized spacial score (nSPS) is 36.4. The number of phosphoric ester groups is 1. The summed E-state index contributed by atoms with van der Waals surface area (Å²) >= 11 is 0. The number of fused-ring (bicyclic) bond motifs is 5. The van der Waals surface area contributed by atoms with Crippen LogP contribution >= 0.6 is 7.82 Å². The number of phosphoric acid groups is 1. The van der Waals surface area contributed by atoms with Crippen molar-refractivity contribution < 1.29 is 38.2 Å². The maximum atomic E-state index is 13.3. The summed E-state index contributed by atoms with van der Waals surface area (Å²) in [5, 5.41) is 22.8. The van der Waals surface area contributed by atoms with E-state index in [1.807, 2.05) is 0 Å². The number of aliphatic hydroxyl groups is 2. The number of nitrogens with zero attached hydrogens (tertiary/aromatic N) is 7. The van der Waals surface area contributed by atoms with Crippen LogP contribution in [0.1, 0.15) is 25.3 Å². The third-order valence-corrected chi connectivity index (χ3v) is 9.00. The smallest absolute Gasteiger partial charge is 0.388 e. The van der Waals surface area contributed by atoms with Crippen molar-refractivity contribution in [1.82, 2.24) is 39.0 Å². The molecule has 3 aliphatic heterocycles. The summed E-state index contributed by atoms with van der Waals surface area (Å²) in [5.41, 5.74) is 9.75. The third kappa shape index (κ3) is 4.30. The van der Waals surface area contributed by atoms with E-state index >= 15 is 0 Å². The first-order valence-electron chi connectivity index (χ1n) is 13.0. The fourth-order valence-electron chi connectivity index (χ4n) is 5.98. The van der Waals surface area contributed by atoms with E-state index in [1.54, 1.807) is 0 Å². The Labute approximate surface area is 240 Å². The number of nitrogens with one attached hydrogen (secondary N) is 1. The quantitative estimate of drug-likeness (QED) is 0.111. The van der Waals surface area contributed by atoms with Crippen LogP contribution < -0.4 is 17.0 Å². The lowest BCUT2D eigenvalue weighted by Crippen LogP contribution is -2.41. The molecule has 19 nitrogen and oxygen atoms in total. The first-order chi connectivity index (χ1) is 20.5. The third-order valence-electron chi connectivity index (χ3n) is 8.04. The predicted octanol–water partition coefficient (Wildman–Crippen LogP) is -1.44. The molecule has 3 saturated heterocycles. The maximum Gasteiger partial charge on any atom is 0.472 e. The number of terminal acetylenes is 1. The van der Waals surface area contributed by atoms with E-state index in [1.165, 1.54) is 28.1 Å². The van der Waals surface area contributed by atoms with Crippen LogP contribution in [0.25, 0.3) is 22.3 Å². The number of hydrogen-bond donors (Lipinski definition) is 6. The summed E-state index contributed by atoms with van der Waals surface area (Å²) in [6.07, 6.45) is 2.29. The summed E-state index contributed by atoms with van der Waals surface area (Å²) in [6.45, 7) is -0.653. The van der Waals surface area contributed by atoms with Crippen LogP contribution in [-0.2, 0) is 23.1 Å². The topological polar surface area (TPSA) is 274 Å². The Kier molecular flexibility index (Phi) is 6.32. The SMILES string of the molecule is C#C[C@@]12COP(=O)(O)OC3C(O)C(CCC1C(O)C(n1cnc4c(N)ncnc41)O2)OC3n1cnc2c(=O)[nH]c(N)nc21. The van der Waals surface area contributed by atoms with Crippen molar-refractivity contribution in [3.05, 3.63) is 29.3 Å². The second-order valence-electron chi connectivity index (χ2n) is 10.4. The van der Waals surface area contributed by atoms with Gasteiger partial charge in [-0.3, -0.25) is 28.0 Å². The van der Waals surface area contributed by atoms with E-state index < -0.39 is 68.4 Å². The number of nitrogen functional groups attached to an aromatic ring is 2. The van der Waals surface area contributed by atoms with Crippen LogP contribution in [0.2, 0.25) is 0 Å². The standard InChI is InChI=1S/C23H25N10O9P/c1-2-23-5-39-43(37,38)42-15-14(35)10(40-21(15)33-8-29-12-18(33)30-22(25)31-19(12)36)4-3-9(23)13(34)20(41-23)32-7-28-11-16(24)26-6-27-17(11)32/h1,6-10,13-15,20-21,34-35H,3-5H2,(H,37,38)(H2,24,26,27)(H3,25,30,31,36)/t9?,10?,13?,14?,15?,20?,21?,23-/m1/s1. The Hall–Kier alpha value is -3.99. The molecule has 7 rings (SSSR count). The van der Waals surface area contributed by atoms with Gasteiger partial charge >= 0.3 is 7.82 Å². The van der Waals surface area contributed by atoms with Crippen molar-refractivity contribution in [2.45, 2.75) is 55.3 Å². The average Bonchev–Trinajstić information content (AvgIpc) is 3.71. The van der Waals surface area contributed by atoms with Crippen LogP contribution in [0, 0.1) is 18.3 Å². The van der Waals surface area contributed by atoms with Gasteiger partial charge in [-0.15, -0.1) is 6.42 Å². The second kappa shape index (κ2) is 9.77. The molecule has 4 aromatic heterocycles. The highest BCUT2D eigenvalue weighted by Crippen LogP contribution is 2.54. The molecule has 20 heteroatoms. The van der Waals surface area contributed by atoms with Crippen LogP contribution in [-0.4, -0.2) is 90.8 Å². The molecule has 7 heterocycles. The monoisotopic (exact) mass is 616 g/mol. The van der Waals surface area contributed by atoms with Crippen molar-refractivity contribution >= 4 is 41.9 Å². The maximum absolute atomic E-state index is 13.3. The average molecular weight is 616 g/mol. The molecule has 0 amide bonds. The molecular formula is C23H25N10O9P. The van der Waals surface area contributed by atoms with E-state index in [4.69, 9.17) is 36.4 Å². The van der Waals surface area contributed by atoms with Gasteiger partial charge < -0.3 is 36.0 Å². The number of nitrogens with two attached hydrogens (primary N) is 2. The largest absolute Gasteiger partial charge is 0.472 e. The van der Waals surface area contributed by atoms with Gasteiger partial charge in [-0.25, -0.2) is 24.5 Å². The van der Waals surface area contributed by atoms with Gasteiger partial charge in [0.05, 0.1) is 25.4 Å². The number of H-pyrrole nitrogens is 1. The Morgan fingerprint density at radius 2 is 1.81 bits per heavy atom. The molecule has 8 unspecified atom stereocenters. The van der Waals surface area contributed by atoms with Gasteiger partial charge in [-0.1, -0.05) is 5.92 Å². The summed E-state index contributed by atoms with van der Waals surface area (Å²) in [6, 6.07) is 0. The molecule has 0 aliphatic carbocycles. The summed E-state index contributed by atoms with van der Waals surface area (Å²) in [7, 11) is -4.98. The van der Waals surface area contributed by atoms with Gasteiger partial charge in [0.2, 0.25) is 5.95 Å².